The zero-order valence-electron chi connectivity index (χ0n) is 15.9. The van der Waals surface area contributed by atoms with Gasteiger partial charge in [-0.15, -0.1) is 0 Å². The van der Waals surface area contributed by atoms with E-state index in [9.17, 15) is 0 Å². The Labute approximate surface area is 134 Å². The van der Waals surface area contributed by atoms with Crippen molar-refractivity contribution in [2.75, 3.05) is 20.1 Å². The maximum atomic E-state index is 3.75. The van der Waals surface area contributed by atoms with Crippen LogP contribution in [-0.4, -0.2) is 37.1 Å². The molecule has 1 rings (SSSR count). The molecule has 0 aromatic rings. The van der Waals surface area contributed by atoms with Crippen LogP contribution < -0.4 is 5.32 Å². The molecular weight excluding hydrogens is 256 g/mol. The molecule has 2 nitrogen and oxygen atoms in total. The minimum atomic E-state index is 0.456. The van der Waals surface area contributed by atoms with Crippen LogP contribution in [0.5, 0.6) is 0 Å². The van der Waals surface area contributed by atoms with Crippen LogP contribution in [0.4, 0.5) is 0 Å². The summed E-state index contributed by atoms with van der Waals surface area (Å²) in [5.74, 6) is 2.41. The lowest BCUT2D eigenvalue weighted by atomic mass is 9.67. The fourth-order valence-corrected chi connectivity index (χ4v) is 3.83. The Morgan fingerprint density at radius 1 is 1.14 bits per heavy atom. The van der Waals surface area contributed by atoms with Crippen molar-refractivity contribution in [3.63, 3.8) is 0 Å². The van der Waals surface area contributed by atoms with Crippen LogP contribution in [-0.2, 0) is 0 Å². The summed E-state index contributed by atoms with van der Waals surface area (Å²) in [6.45, 7) is 18.9. The van der Waals surface area contributed by atoms with Gasteiger partial charge in [0, 0.05) is 18.6 Å². The molecule has 1 fully saturated rings. The predicted octanol–water partition coefficient (Wildman–Crippen LogP) is 4.40. The van der Waals surface area contributed by atoms with Gasteiger partial charge >= 0.3 is 0 Å². The van der Waals surface area contributed by atoms with E-state index >= 15 is 0 Å². The lowest BCUT2D eigenvalue weighted by Gasteiger charge is -2.44. The minimum absolute atomic E-state index is 0.456. The monoisotopic (exact) mass is 296 g/mol. The Morgan fingerprint density at radius 3 is 2.24 bits per heavy atom. The fraction of sp³-hybridized carbons (Fsp3) is 1.00. The molecular formula is C19H40N2. The zero-order chi connectivity index (χ0) is 16.2. The first-order valence-electron chi connectivity index (χ1n) is 9.10. The molecule has 1 saturated carbocycles. The molecule has 0 amide bonds. The number of rotatable bonds is 6. The largest absolute Gasteiger partial charge is 0.314 e. The average Bonchev–Trinajstić information content (AvgIpc) is 2.38. The topological polar surface area (TPSA) is 15.3 Å². The zero-order valence-corrected chi connectivity index (χ0v) is 15.9. The third-order valence-corrected chi connectivity index (χ3v) is 5.86. The van der Waals surface area contributed by atoms with E-state index in [-0.39, 0.29) is 0 Å². The Morgan fingerprint density at radius 2 is 1.76 bits per heavy atom. The van der Waals surface area contributed by atoms with E-state index in [1.165, 1.54) is 25.8 Å². The van der Waals surface area contributed by atoms with Crippen LogP contribution in [0.15, 0.2) is 0 Å². The van der Waals surface area contributed by atoms with Crippen LogP contribution in [0.1, 0.15) is 67.7 Å². The number of nitrogens with one attached hydrogen (secondary N) is 1. The van der Waals surface area contributed by atoms with Crippen LogP contribution >= 0.6 is 0 Å². The Bertz CT molecular complexity index is 292. The molecule has 0 aromatic carbocycles. The highest BCUT2D eigenvalue weighted by atomic mass is 15.1. The molecule has 2 heteroatoms. The van der Waals surface area contributed by atoms with Crippen LogP contribution in [0.2, 0.25) is 0 Å². The Balaban J connectivity index is 2.71. The van der Waals surface area contributed by atoms with Crippen LogP contribution in [0.25, 0.3) is 0 Å². The molecule has 1 N–H and O–H groups in total. The van der Waals surface area contributed by atoms with Gasteiger partial charge in [-0.25, -0.2) is 0 Å². The molecule has 1 aliphatic rings. The van der Waals surface area contributed by atoms with Crippen molar-refractivity contribution in [3.8, 4) is 0 Å². The van der Waals surface area contributed by atoms with Gasteiger partial charge in [0.2, 0.25) is 0 Å². The van der Waals surface area contributed by atoms with E-state index < -0.39 is 0 Å². The second-order valence-electron chi connectivity index (χ2n) is 8.72. The Kier molecular flexibility index (Phi) is 7.19. The molecule has 0 aromatic heterocycles. The SMILES string of the molecule is CCNC1CCC(C(C)(C)C)CC1CN(C)C(C)C(C)C. The summed E-state index contributed by atoms with van der Waals surface area (Å²) in [7, 11) is 2.31. The van der Waals surface area contributed by atoms with Crippen LogP contribution in [0, 0.1) is 23.2 Å². The second-order valence-corrected chi connectivity index (χ2v) is 8.72. The number of hydrogen-bond donors (Lipinski definition) is 1. The Hall–Kier alpha value is -0.0800. The van der Waals surface area contributed by atoms with E-state index in [1.54, 1.807) is 0 Å². The summed E-state index contributed by atoms with van der Waals surface area (Å²) in [5, 5.41) is 3.75. The van der Waals surface area contributed by atoms with Gasteiger partial charge in [0.05, 0.1) is 0 Å². The van der Waals surface area contributed by atoms with E-state index in [4.69, 9.17) is 0 Å². The lowest BCUT2D eigenvalue weighted by Crippen LogP contribution is -2.48. The predicted molar refractivity (Wildman–Crippen MR) is 94.7 cm³/mol. The maximum absolute atomic E-state index is 3.75. The molecule has 0 radical (unpaired) electrons. The third-order valence-electron chi connectivity index (χ3n) is 5.86. The van der Waals surface area contributed by atoms with Crippen molar-refractivity contribution in [3.05, 3.63) is 0 Å². The van der Waals surface area contributed by atoms with Crippen molar-refractivity contribution in [1.82, 2.24) is 10.2 Å². The first-order chi connectivity index (χ1) is 9.66. The van der Waals surface area contributed by atoms with E-state index in [0.717, 1.165) is 30.3 Å². The molecule has 126 valence electrons. The fourth-order valence-electron chi connectivity index (χ4n) is 3.83. The highest BCUT2D eigenvalue weighted by Gasteiger charge is 2.36. The molecule has 4 atom stereocenters. The van der Waals surface area contributed by atoms with Gasteiger partial charge in [-0.2, -0.15) is 0 Å². The smallest absolute Gasteiger partial charge is 0.0108 e. The molecule has 0 saturated heterocycles. The minimum Gasteiger partial charge on any atom is -0.314 e. The second kappa shape index (κ2) is 7.97. The standard InChI is InChI=1S/C19H40N2/c1-9-20-18-11-10-17(19(5,6)7)12-16(18)13-21(8)15(4)14(2)3/h14-18,20H,9-13H2,1-8H3. The van der Waals surface area contributed by atoms with Gasteiger partial charge in [-0.1, -0.05) is 41.5 Å². The summed E-state index contributed by atoms with van der Waals surface area (Å²) in [4.78, 5) is 2.59. The summed E-state index contributed by atoms with van der Waals surface area (Å²) >= 11 is 0. The normalized spacial score (nSPS) is 29.1. The molecule has 0 aliphatic heterocycles. The van der Waals surface area contributed by atoms with Crippen molar-refractivity contribution < 1.29 is 0 Å². The number of nitrogens with zero attached hydrogens (tertiary/aromatic N) is 1. The molecule has 1 aliphatic carbocycles. The summed E-state index contributed by atoms with van der Waals surface area (Å²) in [5.41, 5.74) is 0.456. The first kappa shape index (κ1) is 19.0. The van der Waals surface area contributed by atoms with Gasteiger partial charge in [0.25, 0.3) is 0 Å². The van der Waals surface area contributed by atoms with Crippen molar-refractivity contribution in [2.45, 2.75) is 79.8 Å². The molecule has 21 heavy (non-hydrogen) atoms. The van der Waals surface area contributed by atoms with Gasteiger partial charge in [0.15, 0.2) is 0 Å². The van der Waals surface area contributed by atoms with Crippen molar-refractivity contribution in [1.29, 1.82) is 0 Å². The van der Waals surface area contributed by atoms with Crippen LogP contribution in [0.3, 0.4) is 0 Å². The first-order valence-corrected chi connectivity index (χ1v) is 9.10. The maximum Gasteiger partial charge on any atom is 0.0108 e. The van der Waals surface area contributed by atoms with E-state index in [2.05, 4.69) is 65.7 Å². The van der Waals surface area contributed by atoms with E-state index in [0.29, 0.717) is 11.5 Å². The third kappa shape index (κ3) is 5.56. The molecule has 0 heterocycles. The molecule has 4 unspecified atom stereocenters. The summed E-state index contributed by atoms with van der Waals surface area (Å²) < 4.78 is 0. The average molecular weight is 297 g/mol. The highest BCUT2D eigenvalue weighted by molar-refractivity contribution is 4.90. The lowest BCUT2D eigenvalue weighted by molar-refractivity contribution is 0.0786. The van der Waals surface area contributed by atoms with Gasteiger partial charge in [-0.3, -0.25) is 0 Å². The van der Waals surface area contributed by atoms with Gasteiger partial charge in [-0.05, 0) is 62.9 Å². The summed E-state index contributed by atoms with van der Waals surface area (Å²) in [6.07, 6.45) is 4.13. The van der Waals surface area contributed by atoms with Gasteiger partial charge in [0.1, 0.15) is 0 Å². The highest BCUT2D eigenvalue weighted by Crippen LogP contribution is 2.40. The van der Waals surface area contributed by atoms with Crippen molar-refractivity contribution >= 4 is 0 Å². The quantitative estimate of drug-likeness (QED) is 0.781. The number of hydrogen-bond acceptors (Lipinski definition) is 2. The van der Waals surface area contributed by atoms with Crippen molar-refractivity contribution in [2.24, 2.45) is 23.2 Å². The van der Waals surface area contributed by atoms with Gasteiger partial charge < -0.3 is 10.2 Å². The molecule has 0 spiro atoms. The molecule has 0 bridgehead atoms. The van der Waals surface area contributed by atoms with E-state index in [1.807, 2.05) is 0 Å². The summed E-state index contributed by atoms with van der Waals surface area (Å²) in [6, 6.07) is 1.39.